The van der Waals surface area contributed by atoms with Gasteiger partial charge in [-0.25, -0.2) is 0 Å². The highest BCUT2D eigenvalue weighted by Gasteiger charge is 2.14. The molecule has 4 N–H and O–H groups in total. The van der Waals surface area contributed by atoms with E-state index in [1.54, 1.807) is 49.1 Å². The largest absolute Gasteiger partial charge is 0.507 e. The molecule has 0 aromatic heterocycles. The summed E-state index contributed by atoms with van der Waals surface area (Å²) < 4.78 is 0. The highest BCUT2D eigenvalue weighted by Crippen LogP contribution is 2.34. The topological polar surface area (TPSA) is 130 Å². The molecule has 0 amide bonds. The fraction of sp³-hybridized carbons (Fsp3) is 0.0476. The molecule has 0 aliphatic carbocycles. The van der Waals surface area contributed by atoms with Gasteiger partial charge in [-0.1, -0.05) is 72.8 Å². The molecule has 0 spiro atoms. The van der Waals surface area contributed by atoms with E-state index in [9.17, 15) is 20.4 Å². The van der Waals surface area contributed by atoms with E-state index in [0.717, 1.165) is 0 Å². The number of nitrogens with zero attached hydrogens (tertiary/aromatic N) is 4. The Bertz CT molecular complexity index is 2020. The number of benzene rings is 6. The lowest BCUT2D eigenvalue weighted by molar-refractivity contribution is 0.461. The highest BCUT2D eigenvalue weighted by molar-refractivity contribution is 5.92. The lowest BCUT2D eigenvalue weighted by Crippen LogP contribution is -1.95. The minimum absolute atomic E-state index is 0.0570. The molecular formula is C42H32N4O4. The summed E-state index contributed by atoms with van der Waals surface area (Å²) in [6, 6.07) is 36.3. The zero-order chi connectivity index (χ0) is 34.5. The number of para-hydroxylation sites is 8. The molecule has 1 aliphatic heterocycles. The van der Waals surface area contributed by atoms with Gasteiger partial charge >= 0.3 is 0 Å². The fourth-order valence-corrected chi connectivity index (χ4v) is 5.76. The van der Waals surface area contributed by atoms with Gasteiger partial charge in [-0.3, -0.25) is 20.0 Å². The normalized spacial score (nSPS) is 12.6. The molecule has 1 heterocycles. The maximum absolute atomic E-state index is 11.2. The molecule has 1 aliphatic rings. The molecule has 50 heavy (non-hydrogen) atoms. The van der Waals surface area contributed by atoms with Crippen LogP contribution >= 0.6 is 0 Å². The summed E-state index contributed by atoms with van der Waals surface area (Å²) in [6.45, 7) is 0. The zero-order valence-corrected chi connectivity index (χ0v) is 26.8. The maximum Gasteiger partial charge on any atom is 0.127 e. The van der Waals surface area contributed by atoms with Crippen molar-refractivity contribution < 1.29 is 20.4 Å². The summed E-state index contributed by atoms with van der Waals surface area (Å²) in [7, 11) is 0. The van der Waals surface area contributed by atoms with Gasteiger partial charge in [0.15, 0.2) is 0 Å². The molecule has 6 aromatic rings. The standard InChI is InChI=1S/C42H32N4O4/c47-39-27-9-5-13-31(39)23-43-35-17-1-2-18-36(35)44-24-32-14-6-10-28(40(32)48)22-30-12-8-16-34(42(30)50)26-46-38-20-4-3-19-37(38)45-25-33-15-7-11-29(21-27)41(33)49/h1-20,23-26,47-50H,21-22H2. The second kappa shape index (κ2) is 14.1. The van der Waals surface area contributed by atoms with E-state index in [0.29, 0.717) is 67.3 Å². The number of aliphatic imine (C=N–C) groups is 4. The minimum Gasteiger partial charge on any atom is -0.507 e. The fourth-order valence-electron chi connectivity index (χ4n) is 5.76. The summed E-state index contributed by atoms with van der Waals surface area (Å²) in [5.41, 5.74) is 6.79. The lowest BCUT2D eigenvalue weighted by atomic mass is 9.99. The van der Waals surface area contributed by atoms with Crippen molar-refractivity contribution in [3.8, 4) is 23.0 Å². The van der Waals surface area contributed by atoms with Crippen LogP contribution in [0, 0.1) is 0 Å². The molecule has 0 radical (unpaired) electrons. The smallest absolute Gasteiger partial charge is 0.127 e. The number of aromatic hydroxyl groups is 4. The van der Waals surface area contributed by atoms with Crippen molar-refractivity contribution in [3.63, 3.8) is 0 Å². The maximum atomic E-state index is 11.2. The molecule has 0 unspecified atom stereocenters. The quantitative estimate of drug-likeness (QED) is 0.130. The molecule has 7 rings (SSSR count). The Morgan fingerprint density at radius 2 is 0.540 bits per heavy atom. The van der Waals surface area contributed by atoms with E-state index in [1.807, 2.05) is 97.1 Å². The second-order valence-electron chi connectivity index (χ2n) is 11.8. The first-order valence-electron chi connectivity index (χ1n) is 16.0. The summed E-state index contributed by atoms with van der Waals surface area (Å²) in [4.78, 5) is 18.6. The predicted octanol–water partition coefficient (Wildman–Crippen LogP) is 9.01. The number of phenols is 4. The second-order valence-corrected chi connectivity index (χ2v) is 11.8. The monoisotopic (exact) mass is 656 g/mol. The van der Waals surface area contributed by atoms with E-state index in [2.05, 4.69) is 20.0 Å². The number of hydrogen-bond donors (Lipinski definition) is 4. The Morgan fingerprint density at radius 1 is 0.300 bits per heavy atom. The van der Waals surface area contributed by atoms with E-state index < -0.39 is 0 Å². The van der Waals surface area contributed by atoms with E-state index >= 15 is 0 Å². The average Bonchev–Trinajstić information content (AvgIpc) is 3.13. The Morgan fingerprint density at radius 3 is 0.780 bits per heavy atom. The average molecular weight is 657 g/mol. The summed E-state index contributed by atoms with van der Waals surface area (Å²) >= 11 is 0. The van der Waals surface area contributed by atoms with Crippen molar-refractivity contribution >= 4 is 47.6 Å². The van der Waals surface area contributed by atoms with Gasteiger partial charge in [-0.05, 0) is 70.8 Å². The number of fused-ring (bicyclic) bond motifs is 10. The first-order valence-corrected chi connectivity index (χ1v) is 16.0. The molecule has 0 saturated heterocycles. The third-order valence-corrected chi connectivity index (χ3v) is 8.50. The number of rotatable bonds is 0. The Hall–Kier alpha value is -6.80. The summed E-state index contributed by atoms with van der Waals surface area (Å²) in [6.07, 6.45) is 6.87. The van der Waals surface area contributed by atoms with E-state index in [-0.39, 0.29) is 35.8 Å². The van der Waals surface area contributed by atoms with Crippen LogP contribution in [-0.4, -0.2) is 45.3 Å². The summed E-state index contributed by atoms with van der Waals surface area (Å²) in [5, 5.41) is 44.9. The van der Waals surface area contributed by atoms with Gasteiger partial charge < -0.3 is 20.4 Å². The van der Waals surface area contributed by atoms with Crippen LogP contribution in [0.5, 0.6) is 23.0 Å². The van der Waals surface area contributed by atoms with Crippen LogP contribution in [0.15, 0.2) is 141 Å². The Labute approximate surface area is 289 Å². The molecule has 8 bridgehead atoms. The molecule has 244 valence electrons. The predicted molar refractivity (Wildman–Crippen MR) is 200 cm³/mol. The molecular weight excluding hydrogens is 624 g/mol. The Balaban J connectivity index is 1.34. The molecule has 0 fully saturated rings. The van der Waals surface area contributed by atoms with Crippen LogP contribution in [-0.2, 0) is 12.8 Å². The van der Waals surface area contributed by atoms with Gasteiger partial charge in [0.05, 0.1) is 22.7 Å². The van der Waals surface area contributed by atoms with Gasteiger partial charge in [-0.15, -0.1) is 0 Å². The Kier molecular flexibility index (Phi) is 8.98. The van der Waals surface area contributed by atoms with Crippen molar-refractivity contribution in [2.75, 3.05) is 0 Å². The van der Waals surface area contributed by atoms with Crippen LogP contribution < -0.4 is 0 Å². The van der Waals surface area contributed by atoms with Crippen LogP contribution in [0.2, 0.25) is 0 Å². The third-order valence-electron chi connectivity index (χ3n) is 8.50. The third kappa shape index (κ3) is 6.77. The van der Waals surface area contributed by atoms with Crippen molar-refractivity contribution in [2.24, 2.45) is 20.0 Å². The first kappa shape index (κ1) is 31.8. The van der Waals surface area contributed by atoms with Crippen molar-refractivity contribution in [1.82, 2.24) is 0 Å². The van der Waals surface area contributed by atoms with Crippen molar-refractivity contribution in [2.45, 2.75) is 12.8 Å². The first-order chi connectivity index (χ1) is 24.4. The SMILES string of the molecule is Oc1c2cccc1Cc1cccc(c1O)C=Nc1ccccc1N=Cc1cccc(c1O)Cc1cccc(c1O)C=Nc1ccccc1N=C2. The van der Waals surface area contributed by atoms with Gasteiger partial charge in [0.2, 0.25) is 0 Å². The number of hydrogen-bond acceptors (Lipinski definition) is 8. The molecule has 6 aromatic carbocycles. The van der Waals surface area contributed by atoms with Crippen molar-refractivity contribution in [3.05, 3.63) is 166 Å². The lowest BCUT2D eigenvalue weighted by Gasteiger charge is -2.11. The minimum atomic E-state index is 0.0570. The number of phenolic OH excluding ortho intramolecular Hbond substituents is 4. The highest BCUT2D eigenvalue weighted by atomic mass is 16.3. The molecule has 0 saturated carbocycles. The molecule has 0 atom stereocenters. The van der Waals surface area contributed by atoms with Crippen LogP contribution in [0.25, 0.3) is 0 Å². The summed E-state index contributed by atoms with van der Waals surface area (Å²) in [5.74, 6) is 0.228. The van der Waals surface area contributed by atoms with Crippen molar-refractivity contribution in [1.29, 1.82) is 0 Å². The molecule has 8 nitrogen and oxygen atoms in total. The van der Waals surface area contributed by atoms with Gasteiger partial charge in [0.1, 0.15) is 23.0 Å². The van der Waals surface area contributed by atoms with E-state index in [1.165, 1.54) is 0 Å². The zero-order valence-electron chi connectivity index (χ0n) is 26.8. The molecule has 8 heteroatoms. The van der Waals surface area contributed by atoms with Crippen LogP contribution in [0.1, 0.15) is 44.5 Å². The van der Waals surface area contributed by atoms with Crippen LogP contribution in [0.3, 0.4) is 0 Å². The van der Waals surface area contributed by atoms with Crippen LogP contribution in [0.4, 0.5) is 22.7 Å². The van der Waals surface area contributed by atoms with Gasteiger partial charge in [0, 0.05) is 60.0 Å². The van der Waals surface area contributed by atoms with Gasteiger partial charge in [-0.2, -0.15) is 0 Å². The van der Waals surface area contributed by atoms with E-state index in [4.69, 9.17) is 0 Å². The van der Waals surface area contributed by atoms with Gasteiger partial charge in [0.25, 0.3) is 0 Å².